The highest BCUT2D eigenvalue weighted by atomic mass is 32.2. The minimum atomic E-state index is -4.40. The average molecular weight is 574 g/mol. The Hall–Kier alpha value is -4.50. The van der Waals surface area contributed by atoms with Crippen LogP contribution < -0.4 is 11.1 Å². The van der Waals surface area contributed by atoms with Crippen LogP contribution in [0.1, 0.15) is 38.9 Å². The van der Waals surface area contributed by atoms with Crippen LogP contribution in [0.15, 0.2) is 82.9 Å². The molecule has 0 aliphatic carbocycles. The van der Waals surface area contributed by atoms with Crippen molar-refractivity contribution < 1.29 is 22.7 Å². The van der Waals surface area contributed by atoms with Crippen LogP contribution in [0.2, 0.25) is 0 Å². The Bertz CT molecular complexity index is 1710. The maximum Gasteiger partial charge on any atom is 0.244 e. The van der Waals surface area contributed by atoms with E-state index in [0.717, 1.165) is 11.1 Å². The zero-order chi connectivity index (χ0) is 29.7. The van der Waals surface area contributed by atoms with Gasteiger partial charge in [0.1, 0.15) is 16.5 Å². The molecule has 9 heteroatoms. The van der Waals surface area contributed by atoms with E-state index >= 15 is 4.39 Å². The quantitative estimate of drug-likeness (QED) is 0.186. The van der Waals surface area contributed by atoms with Crippen molar-refractivity contribution in [1.29, 1.82) is 0 Å². The number of nitrogens with zero attached hydrogens (tertiary/aromatic N) is 1. The van der Waals surface area contributed by atoms with Gasteiger partial charge in [-0.15, -0.1) is 0 Å². The number of phenolic OH excluding ortho intramolecular Hbond substituents is 1. The first-order valence-electron chi connectivity index (χ1n) is 13.0. The van der Waals surface area contributed by atoms with Crippen molar-refractivity contribution in [2.75, 3.05) is 12.3 Å². The van der Waals surface area contributed by atoms with Crippen molar-refractivity contribution in [3.8, 4) is 5.75 Å². The summed E-state index contributed by atoms with van der Waals surface area (Å²) < 4.78 is 44.1. The molecule has 41 heavy (non-hydrogen) atoms. The summed E-state index contributed by atoms with van der Waals surface area (Å²) in [6.45, 7) is 5.55. The molecule has 0 spiro atoms. The first-order valence-corrected chi connectivity index (χ1v) is 14.5. The van der Waals surface area contributed by atoms with Gasteiger partial charge in [0.15, 0.2) is 0 Å². The van der Waals surface area contributed by atoms with E-state index in [1.807, 2.05) is 19.1 Å². The van der Waals surface area contributed by atoms with Gasteiger partial charge < -0.3 is 16.2 Å². The van der Waals surface area contributed by atoms with Gasteiger partial charge in [-0.2, -0.15) is 0 Å². The minimum Gasteiger partial charge on any atom is -0.508 e. The Kier molecular flexibility index (Phi) is 8.88. The second-order valence-corrected chi connectivity index (χ2v) is 11.8. The largest absolute Gasteiger partial charge is 0.508 e. The first kappa shape index (κ1) is 29.5. The van der Waals surface area contributed by atoms with E-state index in [1.165, 1.54) is 30.4 Å². The van der Waals surface area contributed by atoms with Crippen molar-refractivity contribution in [3.05, 3.63) is 118 Å². The van der Waals surface area contributed by atoms with Crippen LogP contribution in [0.5, 0.6) is 5.75 Å². The Labute approximate surface area is 239 Å². The number of nitrogen functional groups attached to an aromatic ring is 1. The number of amides is 1. The predicted molar refractivity (Wildman–Crippen MR) is 158 cm³/mol. The summed E-state index contributed by atoms with van der Waals surface area (Å²) in [5.41, 5.74) is 9.71. The molecular formula is C32H32FN3O4S. The van der Waals surface area contributed by atoms with Crippen LogP contribution in [0.4, 0.5) is 10.1 Å². The summed E-state index contributed by atoms with van der Waals surface area (Å²) in [6.07, 6.45) is 6.58. The highest BCUT2D eigenvalue weighted by Crippen LogP contribution is 2.37. The van der Waals surface area contributed by atoms with Crippen molar-refractivity contribution in [3.63, 3.8) is 0 Å². The summed E-state index contributed by atoms with van der Waals surface area (Å²) in [7, 11) is -4.40. The molecule has 0 aliphatic rings. The van der Waals surface area contributed by atoms with Crippen LogP contribution in [0.25, 0.3) is 6.08 Å². The molecule has 4 N–H and O–H groups in total. The first-order chi connectivity index (χ1) is 19.5. The molecule has 0 atom stereocenters. The Balaban J connectivity index is 1.75. The van der Waals surface area contributed by atoms with E-state index in [4.69, 9.17) is 5.73 Å². The fraction of sp³-hybridized carbons (Fsp3) is 0.188. The van der Waals surface area contributed by atoms with Crippen LogP contribution in [-0.2, 0) is 27.5 Å². The number of carbonyl (C=O) groups is 1. The molecule has 0 fully saturated rings. The predicted octanol–water partition coefficient (Wildman–Crippen LogP) is 5.23. The van der Waals surface area contributed by atoms with E-state index in [9.17, 15) is 18.3 Å². The van der Waals surface area contributed by atoms with Crippen molar-refractivity contribution in [1.82, 2.24) is 10.3 Å². The van der Waals surface area contributed by atoms with Gasteiger partial charge in [0, 0.05) is 31.4 Å². The van der Waals surface area contributed by atoms with Crippen LogP contribution >= 0.6 is 0 Å². The van der Waals surface area contributed by atoms with Gasteiger partial charge in [-0.1, -0.05) is 29.8 Å². The van der Waals surface area contributed by atoms with E-state index < -0.39 is 26.5 Å². The Morgan fingerprint density at radius 1 is 1.00 bits per heavy atom. The number of aryl methyl sites for hydroxylation is 3. The zero-order valence-electron chi connectivity index (χ0n) is 23.1. The zero-order valence-corrected chi connectivity index (χ0v) is 23.9. The third-order valence-electron chi connectivity index (χ3n) is 6.69. The Morgan fingerprint density at radius 2 is 1.68 bits per heavy atom. The molecule has 4 rings (SSSR count). The van der Waals surface area contributed by atoms with Gasteiger partial charge in [0.05, 0.1) is 10.6 Å². The van der Waals surface area contributed by atoms with Gasteiger partial charge in [0.2, 0.25) is 15.7 Å². The van der Waals surface area contributed by atoms with Gasteiger partial charge in [-0.25, -0.2) is 12.8 Å². The molecule has 1 heterocycles. The second-order valence-electron chi connectivity index (χ2n) is 9.99. The van der Waals surface area contributed by atoms with Crippen molar-refractivity contribution in [2.24, 2.45) is 0 Å². The molecule has 1 aromatic heterocycles. The molecule has 0 saturated carbocycles. The normalized spacial score (nSPS) is 11.6. The summed E-state index contributed by atoms with van der Waals surface area (Å²) in [6, 6.07) is 14.9. The lowest BCUT2D eigenvalue weighted by atomic mass is 10.0. The number of hydrogen-bond donors (Lipinski definition) is 3. The summed E-state index contributed by atoms with van der Waals surface area (Å²) >= 11 is 0. The van der Waals surface area contributed by atoms with Gasteiger partial charge in [-0.05, 0) is 97.0 Å². The minimum absolute atomic E-state index is 0.000610. The number of aromatic hydroxyl groups is 1. The maximum atomic E-state index is 16.1. The van der Waals surface area contributed by atoms with E-state index in [1.54, 1.807) is 50.5 Å². The van der Waals surface area contributed by atoms with Gasteiger partial charge in [-0.3, -0.25) is 9.78 Å². The number of nitrogens with two attached hydrogens (primary N) is 1. The van der Waals surface area contributed by atoms with E-state index in [0.29, 0.717) is 29.7 Å². The standard InChI is InChI=1S/C32H32FN3O4S/c1-20-15-21(2)31(22(3)16-20)41(39,40)32-29(33)26(17-24-5-4-6-27(37)18-24)19-25(30(32)34)7-8-28(38)36-14-11-23-9-12-35-13-10-23/h4-10,12-13,15-16,18-19,37H,11,14,17,34H2,1-3H3,(H,36,38). The number of pyridine rings is 1. The SMILES string of the molecule is Cc1cc(C)c(S(=O)(=O)c2c(N)c(C=CC(=O)NCCc3ccncc3)cc(Cc3cccc(O)c3)c2F)c(C)c1. The highest BCUT2D eigenvalue weighted by molar-refractivity contribution is 7.91. The van der Waals surface area contributed by atoms with Crippen molar-refractivity contribution >= 4 is 27.5 Å². The summed E-state index contributed by atoms with van der Waals surface area (Å²) in [5, 5.41) is 12.7. The number of benzene rings is 3. The molecule has 0 radical (unpaired) electrons. The van der Waals surface area contributed by atoms with Crippen molar-refractivity contribution in [2.45, 2.75) is 43.4 Å². The van der Waals surface area contributed by atoms with Gasteiger partial charge in [0.25, 0.3) is 0 Å². The van der Waals surface area contributed by atoms with E-state index in [2.05, 4.69) is 10.3 Å². The topological polar surface area (TPSA) is 122 Å². The summed E-state index contributed by atoms with van der Waals surface area (Å²) in [5.74, 6) is -1.38. The summed E-state index contributed by atoms with van der Waals surface area (Å²) in [4.78, 5) is 15.9. The lowest BCUT2D eigenvalue weighted by Crippen LogP contribution is -2.23. The molecule has 7 nitrogen and oxygen atoms in total. The lowest BCUT2D eigenvalue weighted by Gasteiger charge is -2.18. The number of aromatic nitrogens is 1. The smallest absolute Gasteiger partial charge is 0.244 e. The maximum absolute atomic E-state index is 16.1. The fourth-order valence-electron chi connectivity index (χ4n) is 4.94. The number of anilines is 1. The number of sulfone groups is 1. The lowest BCUT2D eigenvalue weighted by molar-refractivity contribution is -0.116. The number of rotatable bonds is 9. The molecular weight excluding hydrogens is 541 g/mol. The molecule has 0 unspecified atom stereocenters. The fourth-order valence-corrected chi connectivity index (χ4v) is 6.88. The molecule has 1 amide bonds. The van der Waals surface area contributed by atoms with Gasteiger partial charge >= 0.3 is 0 Å². The molecule has 3 aromatic carbocycles. The second kappa shape index (κ2) is 12.3. The molecule has 0 bridgehead atoms. The number of nitrogens with one attached hydrogen (secondary N) is 1. The molecule has 0 aliphatic heterocycles. The number of carbonyl (C=O) groups excluding carboxylic acids is 1. The third-order valence-corrected chi connectivity index (χ3v) is 8.81. The van der Waals surface area contributed by atoms with E-state index in [-0.39, 0.29) is 33.9 Å². The average Bonchev–Trinajstić information content (AvgIpc) is 2.89. The molecule has 4 aromatic rings. The third kappa shape index (κ3) is 6.81. The Morgan fingerprint density at radius 3 is 2.34 bits per heavy atom. The number of hydrogen-bond acceptors (Lipinski definition) is 6. The van der Waals surface area contributed by atoms with Crippen LogP contribution in [0.3, 0.4) is 0 Å². The monoisotopic (exact) mass is 573 g/mol. The molecule has 212 valence electrons. The number of halogens is 1. The number of phenols is 1. The van der Waals surface area contributed by atoms with Crippen LogP contribution in [0, 0.1) is 26.6 Å². The highest BCUT2D eigenvalue weighted by Gasteiger charge is 2.31. The van der Waals surface area contributed by atoms with Crippen LogP contribution in [-0.4, -0.2) is 31.0 Å². The molecule has 0 saturated heterocycles.